The third-order valence-electron chi connectivity index (χ3n) is 5.14. The Morgan fingerprint density at radius 3 is 2.40 bits per heavy atom. The van der Waals surface area contributed by atoms with Gasteiger partial charge in [0.25, 0.3) is 11.9 Å². The highest BCUT2D eigenvalue weighted by Crippen LogP contribution is 2.23. The number of carboxylic acid groups (broad SMARTS) is 2. The molecule has 11 heteroatoms. The third kappa shape index (κ3) is 13.0. The van der Waals surface area contributed by atoms with Gasteiger partial charge in [-0.25, -0.2) is 4.98 Å². The van der Waals surface area contributed by atoms with E-state index >= 15 is 0 Å². The molecular weight excluding hydrogens is 470 g/mol. The summed E-state index contributed by atoms with van der Waals surface area (Å²) in [7, 11) is 6.34. The van der Waals surface area contributed by atoms with Crippen molar-refractivity contribution in [3.63, 3.8) is 0 Å². The van der Waals surface area contributed by atoms with Crippen LogP contribution in [0.4, 0.5) is 0 Å². The molecule has 2 atom stereocenters. The molecule has 35 heavy (non-hydrogen) atoms. The second-order valence-electron chi connectivity index (χ2n) is 8.58. The van der Waals surface area contributed by atoms with Gasteiger partial charge in [0, 0.05) is 69.3 Å². The fourth-order valence-corrected chi connectivity index (χ4v) is 4.37. The maximum Gasteiger partial charge on any atom is 0.300 e. The number of likely N-dealkylation sites (tertiary alicyclic amines) is 1. The Balaban J connectivity index is 0.000000668. The Morgan fingerprint density at radius 2 is 1.83 bits per heavy atom. The average molecular weight is 508 g/mol. The summed E-state index contributed by atoms with van der Waals surface area (Å²) in [5.41, 5.74) is 2.06. The maximum atomic E-state index is 12.6. The minimum Gasteiger partial charge on any atom is -0.481 e. The van der Waals surface area contributed by atoms with Crippen molar-refractivity contribution in [2.75, 3.05) is 40.8 Å². The van der Waals surface area contributed by atoms with Crippen LogP contribution in [0.25, 0.3) is 10.6 Å². The van der Waals surface area contributed by atoms with Crippen LogP contribution in [-0.4, -0.2) is 94.6 Å². The molecule has 3 rings (SSSR count). The van der Waals surface area contributed by atoms with E-state index in [2.05, 4.69) is 51.6 Å². The van der Waals surface area contributed by atoms with E-state index in [0.29, 0.717) is 12.6 Å². The molecular formula is C24H37N5O5S. The molecule has 1 saturated heterocycles. The van der Waals surface area contributed by atoms with Crippen molar-refractivity contribution in [1.29, 1.82) is 0 Å². The number of carbonyl (C=O) groups excluding carboxylic acids is 1. The highest BCUT2D eigenvalue weighted by atomic mass is 32.1. The maximum absolute atomic E-state index is 12.6. The van der Waals surface area contributed by atoms with E-state index in [0.717, 1.165) is 62.5 Å². The van der Waals surface area contributed by atoms with Crippen molar-refractivity contribution in [2.45, 2.75) is 39.2 Å². The Hall–Kier alpha value is -2.89. The first-order valence-corrected chi connectivity index (χ1v) is 12.2. The summed E-state index contributed by atoms with van der Waals surface area (Å²) in [6.45, 7) is 4.65. The van der Waals surface area contributed by atoms with Crippen LogP contribution < -0.4 is 5.32 Å². The summed E-state index contributed by atoms with van der Waals surface area (Å²) in [6.07, 6.45) is 6.36. The first kappa shape index (κ1) is 30.1. The van der Waals surface area contributed by atoms with Gasteiger partial charge in [-0.05, 0) is 46.1 Å². The van der Waals surface area contributed by atoms with Crippen LogP contribution in [0.15, 0.2) is 29.9 Å². The monoisotopic (exact) mass is 507 g/mol. The number of hydrogen-bond donors (Lipinski definition) is 3. The second kappa shape index (κ2) is 15.9. The molecule has 0 radical (unpaired) electrons. The van der Waals surface area contributed by atoms with E-state index in [4.69, 9.17) is 19.8 Å². The number of nitrogens with one attached hydrogen (secondary N) is 1. The number of hydrogen-bond acceptors (Lipinski definition) is 8. The standard InChI is InChI=1S/C20H29N5OS.2C2H4O2/c1-24(2)18-7-6-16(12-25(3)13-18)19(26)22-10-8-17-14-27-20(23-17)15-5-4-9-21-11-15;2*1-2(3)4/h4-5,9,11,14,16,18H,6-8,10,12-13H2,1-3H3,(H,22,26);2*1H3,(H,3,4)/t16-,18+;;/m1../s1. The molecule has 0 spiro atoms. The summed E-state index contributed by atoms with van der Waals surface area (Å²) in [5.74, 6) is -1.43. The summed E-state index contributed by atoms with van der Waals surface area (Å²) in [5, 5.41) is 21.0. The van der Waals surface area contributed by atoms with Crippen LogP contribution >= 0.6 is 11.3 Å². The zero-order valence-corrected chi connectivity index (χ0v) is 21.9. The molecule has 1 amide bonds. The lowest BCUT2D eigenvalue weighted by Crippen LogP contribution is -2.39. The molecule has 1 aliphatic rings. The molecule has 1 aliphatic heterocycles. The normalized spacial score (nSPS) is 17.8. The predicted octanol–water partition coefficient (Wildman–Crippen LogP) is 2.32. The van der Waals surface area contributed by atoms with Gasteiger partial charge in [0.05, 0.1) is 11.6 Å². The van der Waals surface area contributed by atoms with E-state index in [1.54, 1.807) is 17.5 Å². The summed E-state index contributed by atoms with van der Waals surface area (Å²) < 4.78 is 0. The predicted molar refractivity (Wildman–Crippen MR) is 136 cm³/mol. The lowest BCUT2D eigenvalue weighted by molar-refractivity contribution is -0.135. The molecule has 0 bridgehead atoms. The van der Waals surface area contributed by atoms with Crippen molar-refractivity contribution in [3.8, 4) is 10.6 Å². The van der Waals surface area contributed by atoms with Crippen molar-refractivity contribution < 1.29 is 24.6 Å². The van der Waals surface area contributed by atoms with Gasteiger partial charge in [-0.3, -0.25) is 19.4 Å². The van der Waals surface area contributed by atoms with Gasteiger partial charge in [-0.1, -0.05) is 0 Å². The van der Waals surface area contributed by atoms with E-state index in [1.807, 2.05) is 18.3 Å². The number of amides is 1. The van der Waals surface area contributed by atoms with Crippen LogP contribution in [0, 0.1) is 5.92 Å². The number of nitrogens with zero attached hydrogens (tertiary/aromatic N) is 4. The summed E-state index contributed by atoms with van der Waals surface area (Å²) in [4.78, 5) is 44.0. The zero-order chi connectivity index (χ0) is 26.4. The average Bonchev–Trinajstić information content (AvgIpc) is 3.14. The minimum atomic E-state index is -0.833. The topological polar surface area (TPSA) is 136 Å². The number of carbonyl (C=O) groups is 3. The molecule has 0 saturated carbocycles. The van der Waals surface area contributed by atoms with Gasteiger partial charge < -0.3 is 25.3 Å². The molecule has 194 valence electrons. The Bertz CT molecular complexity index is 902. The number of pyridine rings is 1. The highest BCUT2D eigenvalue weighted by molar-refractivity contribution is 7.13. The summed E-state index contributed by atoms with van der Waals surface area (Å²) >= 11 is 1.62. The fourth-order valence-electron chi connectivity index (χ4n) is 3.52. The van der Waals surface area contributed by atoms with Gasteiger partial charge in [0.1, 0.15) is 5.01 Å². The molecule has 0 aliphatic carbocycles. The SMILES string of the molecule is CC(=O)O.CC(=O)O.CN1C[C@H](C(=O)NCCc2csc(-c3cccnc3)n2)CC[C@H](N(C)C)C1. The third-order valence-corrected chi connectivity index (χ3v) is 6.08. The van der Waals surface area contributed by atoms with Gasteiger partial charge in [0.15, 0.2) is 0 Å². The number of rotatable bonds is 6. The lowest BCUT2D eigenvalue weighted by Gasteiger charge is -2.25. The van der Waals surface area contributed by atoms with Gasteiger partial charge in [-0.15, -0.1) is 11.3 Å². The molecule has 1 fully saturated rings. The molecule has 0 aromatic carbocycles. The molecule has 3 heterocycles. The van der Waals surface area contributed by atoms with E-state index in [-0.39, 0.29) is 11.8 Å². The van der Waals surface area contributed by atoms with Gasteiger partial charge in [0.2, 0.25) is 5.91 Å². The molecule has 3 N–H and O–H groups in total. The first-order chi connectivity index (χ1) is 16.5. The second-order valence-corrected chi connectivity index (χ2v) is 9.44. The molecule has 2 aromatic rings. The van der Waals surface area contributed by atoms with Crippen molar-refractivity contribution in [3.05, 3.63) is 35.6 Å². The van der Waals surface area contributed by atoms with Crippen molar-refractivity contribution in [2.24, 2.45) is 5.92 Å². The first-order valence-electron chi connectivity index (χ1n) is 11.4. The van der Waals surface area contributed by atoms with Crippen LogP contribution in [0.5, 0.6) is 0 Å². The fraction of sp³-hybridized carbons (Fsp3) is 0.542. The highest BCUT2D eigenvalue weighted by Gasteiger charge is 2.27. The van der Waals surface area contributed by atoms with Gasteiger partial charge >= 0.3 is 0 Å². The Labute approximate surface area is 211 Å². The van der Waals surface area contributed by atoms with Crippen LogP contribution in [0.3, 0.4) is 0 Å². The zero-order valence-electron chi connectivity index (χ0n) is 21.1. The van der Waals surface area contributed by atoms with Crippen molar-refractivity contribution >= 4 is 29.2 Å². The van der Waals surface area contributed by atoms with Crippen LogP contribution in [-0.2, 0) is 20.8 Å². The van der Waals surface area contributed by atoms with E-state index in [1.165, 1.54) is 0 Å². The number of likely N-dealkylation sites (N-methyl/N-ethyl adjacent to an activating group) is 2. The quantitative estimate of drug-likeness (QED) is 0.538. The summed E-state index contributed by atoms with van der Waals surface area (Å²) in [6, 6.07) is 4.45. The molecule has 0 unspecified atom stereocenters. The minimum absolute atomic E-state index is 0.0707. The number of aliphatic carboxylic acids is 2. The molecule has 2 aromatic heterocycles. The smallest absolute Gasteiger partial charge is 0.300 e. The molecule has 10 nitrogen and oxygen atoms in total. The Morgan fingerprint density at radius 1 is 1.17 bits per heavy atom. The van der Waals surface area contributed by atoms with Gasteiger partial charge in [-0.2, -0.15) is 0 Å². The van der Waals surface area contributed by atoms with Crippen LogP contribution in [0.1, 0.15) is 32.4 Å². The van der Waals surface area contributed by atoms with Crippen LogP contribution in [0.2, 0.25) is 0 Å². The number of carboxylic acids is 2. The largest absolute Gasteiger partial charge is 0.481 e. The number of thiazole rings is 1. The Kier molecular flexibility index (Phi) is 13.7. The lowest BCUT2D eigenvalue weighted by atomic mass is 10.0. The van der Waals surface area contributed by atoms with E-state index in [9.17, 15) is 4.79 Å². The van der Waals surface area contributed by atoms with E-state index < -0.39 is 11.9 Å². The van der Waals surface area contributed by atoms with Crippen molar-refractivity contribution in [1.82, 2.24) is 25.1 Å². The number of aromatic nitrogens is 2.